The summed E-state index contributed by atoms with van der Waals surface area (Å²) in [6.45, 7) is 1.16. The normalized spacial score (nSPS) is 10.4. The molecule has 102 valence electrons. The van der Waals surface area contributed by atoms with Crippen LogP contribution in [-0.2, 0) is 4.74 Å². The monoisotopic (exact) mass is 281 g/mol. The zero-order valence-corrected chi connectivity index (χ0v) is 11.2. The van der Waals surface area contributed by atoms with Gasteiger partial charge >= 0.3 is 5.97 Å². The van der Waals surface area contributed by atoms with Crippen LogP contribution in [-0.4, -0.2) is 42.7 Å². The van der Waals surface area contributed by atoms with E-state index in [-0.39, 0.29) is 5.56 Å². The summed E-state index contributed by atoms with van der Waals surface area (Å²) < 4.78 is 4.86. The number of rotatable bonds is 6. The van der Waals surface area contributed by atoms with E-state index in [1.165, 1.54) is 12.1 Å². The topological polar surface area (TPSA) is 83.0 Å². The summed E-state index contributed by atoms with van der Waals surface area (Å²) in [7, 11) is 1.61. The van der Waals surface area contributed by atoms with E-state index in [9.17, 15) is 4.79 Å². The smallest absolute Gasteiger partial charge is 0.335 e. The number of aromatic carboxylic acids is 1. The molecule has 3 N–H and O–H groups in total. The van der Waals surface area contributed by atoms with E-state index in [0.717, 1.165) is 5.56 Å². The molecule has 1 aromatic carbocycles. The number of hydrogen-bond donors (Lipinski definition) is 3. The van der Waals surface area contributed by atoms with Gasteiger partial charge in [0.05, 0.1) is 18.4 Å². The minimum absolute atomic E-state index is 0.238. The predicted molar refractivity (Wildman–Crippen MR) is 76.6 cm³/mol. The molecule has 0 saturated heterocycles. The molecule has 0 amide bonds. The van der Waals surface area contributed by atoms with Crippen LogP contribution in [0.2, 0.25) is 0 Å². The molecule has 0 unspecified atom stereocenters. The van der Waals surface area contributed by atoms with Crippen LogP contribution in [0.3, 0.4) is 0 Å². The van der Waals surface area contributed by atoms with Crippen molar-refractivity contribution in [2.24, 2.45) is 5.10 Å². The maximum absolute atomic E-state index is 10.7. The van der Waals surface area contributed by atoms with Gasteiger partial charge in [0, 0.05) is 13.7 Å². The van der Waals surface area contributed by atoms with Crippen molar-refractivity contribution in [1.82, 2.24) is 10.7 Å². The number of carbonyl (C=O) groups is 1. The maximum Gasteiger partial charge on any atom is 0.335 e. The van der Waals surface area contributed by atoms with Gasteiger partial charge in [-0.3, -0.25) is 5.43 Å². The van der Waals surface area contributed by atoms with Gasteiger partial charge < -0.3 is 15.2 Å². The molecule has 1 rings (SSSR count). The summed E-state index contributed by atoms with van der Waals surface area (Å²) >= 11 is 4.97. The highest BCUT2D eigenvalue weighted by atomic mass is 32.1. The third-order valence-corrected chi connectivity index (χ3v) is 2.36. The van der Waals surface area contributed by atoms with Crippen LogP contribution in [0.5, 0.6) is 0 Å². The van der Waals surface area contributed by atoms with Crippen LogP contribution in [0.15, 0.2) is 29.4 Å². The number of thiocarbonyl (C=S) groups is 1. The summed E-state index contributed by atoms with van der Waals surface area (Å²) in [6, 6.07) is 6.35. The average Bonchev–Trinajstić information content (AvgIpc) is 2.39. The molecule has 0 radical (unpaired) electrons. The molecule has 0 aromatic heterocycles. The lowest BCUT2D eigenvalue weighted by molar-refractivity contribution is 0.0697. The van der Waals surface area contributed by atoms with Gasteiger partial charge in [-0.25, -0.2) is 4.79 Å². The minimum Gasteiger partial charge on any atom is -0.478 e. The van der Waals surface area contributed by atoms with Crippen molar-refractivity contribution in [3.05, 3.63) is 35.4 Å². The molecular weight excluding hydrogens is 266 g/mol. The van der Waals surface area contributed by atoms with Crippen molar-refractivity contribution in [3.8, 4) is 0 Å². The molecule has 0 bridgehead atoms. The van der Waals surface area contributed by atoms with Crippen molar-refractivity contribution in [2.75, 3.05) is 20.3 Å². The van der Waals surface area contributed by atoms with E-state index in [4.69, 9.17) is 22.1 Å². The molecule has 0 aliphatic carbocycles. The van der Waals surface area contributed by atoms with E-state index >= 15 is 0 Å². The van der Waals surface area contributed by atoms with Crippen molar-refractivity contribution < 1.29 is 14.6 Å². The Balaban J connectivity index is 2.40. The second-order valence-electron chi connectivity index (χ2n) is 3.55. The number of carboxylic acids is 1. The first-order chi connectivity index (χ1) is 9.13. The first-order valence-electron chi connectivity index (χ1n) is 5.52. The second-order valence-corrected chi connectivity index (χ2v) is 3.95. The molecule has 0 fully saturated rings. The summed E-state index contributed by atoms with van der Waals surface area (Å²) in [4.78, 5) is 10.7. The molecule has 1 aromatic rings. The average molecular weight is 281 g/mol. The third-order valence-electron chi connectivity index (χ3n) is 2.13. The van der Waals surface area contributed by atoms with E-state index < -0.39 is 5.97 Å². The van der Waals surface area contributed by atoms with Gasteiger partial charge in [0.2, 0.25) is 0 Å². The largest absolute Gasteiger partial charge is 0.478 e. The fraction of sp³-hybridized carbons (Fsp3) is 0.250. The lowest BCUT2D eigenvalue weighted by atomic mass is 10.1. The van der Waals surface area contributed by atoms with Crippen LogP contribution in [0.4, 0.5) is 0 Å². The molecule has 19 heavy (non-hydrogen) atoms. The highest BCUT2D eigenvalue weighted by molar-refractivity contribution is 7.80. The van der Waals surface area contributed by atoms with E-state index in [2.05, 4.69) is 15.8 Å². The minimum atomic E-state index is -0.954. The molecule has 0 heterocycles. The molecule has 0 aliphatic heterocycles. The molecule has 0 aliphatic rings. The highest BCUT2D eigenvalue weighted by Gasteiger charge is 2.00. The Hall–Kier alpha value is -1.99. The number of methoxy groups -OCH3 is 1. The standard InChI is InChI=1S/C12H15N3O3S/c1-18-7-6-13-12(19)15-14-8-9-2-4-10(5-3-9)11(16)17/h2-5,8H,6-7H2,1H3,(H,16,17)(H2,13,15,19). The second kappa shape index (κ2) is 8.17. The van der Waals surface area contributed by atoms with Gasteiger partial charge in [-0.05, 0) is 29.9 Å². The van der Waals surface area contributed by atoms with Crippen LogP contribution < -0.4 is 10.7 Å². The number of nitrogens with zero attached hydrogens (tertiary/aromatic N) is 1. The van der Waals surface area contributed by atoms with Crippen molar-refractivity contribution in [3.63, 3.8) is 0 Å². The van der Waals surface area contributed by atoms with Crippen molar-refractivity contribution in [2.45, 2.75) is 0 Å². The summed E-state index contributed by atoms with van der Waals surface area (Å²) in [6.07, 6.45) is 1.55. The molecule has 0 spiro atoms. The van der Waals surface area contributed by atoms with E-state index in [0.29, 0.717) is 18.3 Å². The Morgan fingerprint density at radius 2 is 2.16 bits per heavy atom. The Kier molecular flexibility index (Phi) is 6.48. The molecule has 7 heteroatoms. The number of benzene rings is 1. The Morgan fingerprint density at radius 1 is 1.47 bits per heavy atom. The zero-order chi connectivity index (χ0) is 14.1. The molecular formula is C12H15N3O3S. The van der Waals surface area contributed by atoms with Crippen LogP contribution in [0.1, 0.15) is 15.9 Å². The van der Waals surface area contributed by atoms with E-state index in [1.54, 1.807) is 25.5 Å². The summed E-state index contributed by atoms with van der Waals surface area (Å²) in [5, 5.41) is 16.0. The quantitative estimate of drug-likeness (QED) is 0.310. The number of hydrazone groups is 1. The number of carboxylic acid groups (broad SMARTS) is 1. The predicted octanol–water partition coefficient (Wildman–Crippen LogP) is 0.829. The number of ether oxygens (including phenoxy) is 1. The lowest BCUT2D eigenvalue weighted by Gasteiger charge is -2.05. The molecule has 0 atom stereocenters. The van der Waals surface area contributed by atoms with Gasteiger partial charge in [-0.15, -0.1) is 0 Å². The Bertz CT molecular complexity index is 460. The fourth-order valence-corrected chi connectivity index (χ4v) is 1.34. The van der Waals surface area contributed by atoms with Crippen LogP contribution >= 0.6 is 12.2 Å². The Labute approximate surface area is 116 Å². The van der Waals surface area contributed by atoms with Gasteiger partial charge in [0.15, 0.2) is 5.11 Å². The SMILES string of the molecule is COCCNC(=S)NN=Cc1ccc(C(=O)O)cc1. The molecule has 6 nitrogen and oxygen atoms in total. The first-order valence-corrected chi connectivity index (χ1v) is 5.93. The van der Waals surface area contributed by atoms with E-state index in [1.807, 2.05) is 0 Å². The van der Waals surface area contributed by atoms with Crippen molar-refractivity contribution in [1.29, 1.82) is 0 Å². The van der Waals surface area contributed by atoms with Crippen LogP contribution in [0.25, 0.3) is 0 Å². The van der Waals surface area contributed by atoms with Gasteiger partial charge in [-0.2, -0.15) is 5.10 Å². The lowest BCUT2D eigenvalue weighted by Crippen LogP contribution is -2.34. The van der Waals surface area contributed by atoms with Gasteiger partial charge in [-0.1, -0.05) is 12.1 Å². The summed E-state index contributed by atoms with van der Waals surface area (Å²) in [5.74, 6) is -0.954. The number of nitrogens with one attached hydrogen (secondary N) is 2. The van der Waals surface area contributed by atoms with Gasteiger partial charge in [0.25, 0.3) is 0 Å². The van der Waals surface area contributed by atoms with Crippen molar-refractivity contribution >= 4 is 29.5 Å². The molecule has 0 saturated carbocycles. The zero-order valence-electron chi connectivity index (χ0n) is 10.4. The Morgan fingerprint density at radius 3 is 2.74 bits per heavy atom. The fourth-order valence-electron chi connectivity index (χ4n) is 1.18. The maximum atomic E-state index is 10.7. The highest BCUT2D eigenvalue weighted by Crippen LogP contribution is 2.01. The van der Waals surface area contributed by atoms with Crippen LogP contribution in [0, 0.1) is 0 Å². The number of hydrogen-bond acceptors (Lipinski definition) is 4. The first kappa shape index (κ1) is 15.1. The van der Waals surface area contributed by atoms with Gasteiger partial charge in [0.1, 0.15) is 0 Å². The third kappa shape index (κ3) is 5.94. The summed E-state index contributed by atoms with van der Waals surface area (Å²) in [5.41, 5.74) is 3.66.